The van der Waals surface area contributed by atoms with Gasteiger partial charge < -0.3 is 10.6 Å². The molecule has 1 aliphatic carbocycles. The van der Waals surface area contributed by atoms with Crippen LogP contribution in [0.4, 0.5) is 0 Å². The molecule has 0 aromatic carbocycles. The Kier molecular flexibility index (Phi) is 5.36. The Hall–Kier alpha value is -0.340. The van der Waals surface area contributed by atoms with Crippen molar-refractivity contribution < 1.29 is 0 Å². The van der Waals surface area contributed by atoms with Crippen LogP contribution < -0.4 is 10.6 Å². The molecule has 1 aliphatic heterocycles. The van der Waals surface area contributed by atoms with Crippen LogP contribution >= 0.6 is 0 Å². The van der Waals surface area contributed by atoms with Crippen molar-refractivity contribution in [2.75, 3.05) is 19.6 Å². The first-order valence-electron chi connectivity index (χ1n) is 7.07. The van der Waals surface area contributed by atoms with Crippen LogP contribution in [0.1, 0.15) is 51.4 Å². The molecule has 0 amide bonds. The molecule has 1 saturated heterocycles. The minimum Gasteiger partial charge on any atom is -0.317 e. The molecule has 0 bridgehead atoms. The van der Waals surface area contributed by atoms with Gasteiger partial charge in [-0.3, -0.25) is 0 Å². The molecule has 0 spiro atoms. The van der Waals surface area contributed by atoms with Crippen molar-refractivity contribution in [1.82, 2.24) is 10.6 Å². The zero-order chi connectivity index (χ0) is 11.1. The third-order valence-electron chi connectivity index (χ3n) is 3.84. The van der Waals surface area contributed by atoms with Gasteiger partial charge in [-0.1, -0.05) is 11.6 Å². The maximum atomic E-state index is 3.73. The molecule has 2 rings (SSSR count). The summed E-state index contributed by atoms with van der Waals surface area (Å²) >= 11 is 0. The fraction of sp³-hybridized carbons (Fsp3) is 0.857. The van der Waals surface area contributed by atoms with Gasteiger partial charge in [-0.15, -0.1) is 0 Å². The van der Waals surface area contributed by atoms with Crippen LogP contribution in [0.15, 0.2) is 11.6 Å². The van der Waals surface area contributed by atoms with Gasteiger partial charge >= 0.3 is 0 Å². The van der Waals surface area contributed by atoms with Crippen LogP contribution in [0.3, 0.4) is 0 Å². The average molecular weight is 222 g/mol. The van der Waals surface area contributed by atoms with Crippen LogP contribution in [0.2, 0.25) is 0 Å². The highest BCUT2D eigenvalue weighted by molar-refractivity contribution is 5.05. The molecule has 1 heterocycles. The molecular formula is C14H26N2. The predicted octanol–water partition coefficient (Wildman–Crippen LogP) is 2.61. The largest absolute Gasteiger partial charge is 0.317 e. The van der Waals surface area contributed by atoms with Gasteiger partial charge in [0.15, 0.2) is 0 Å². The van der Waals surface area contributed by atoms with E-state index < -0.39 is 0 Å². The Bertz CT molecular complexity index is 215. The van der Waals surface area contributed by atoms with E-state index >= 15 is 0 Å². The Balaban J connectivity index is 1.61. The van der Waals surface area contributed by atoms with Gasteiger partial charge in [-0.25, -0.2) is 0 Å². The van der Waals surface area contributed by atoms with Crippen molar-refractivity contribution in [3.8, 4) is 0 Å². The summed E-state index contributed by atoms with van der Waals surface area (Å²) in [6.07, 6.45) is 13.2. The monoisotopic (exact) mass is 222 g/mol. The van der Waals surface area contributed by atoms with Crippen LogP contribution in [0.5, 0.6) is 0 Å². The molecule has 0 saturated carbocycles. The van der Waals surface area contributed by atoms with Crippen molar-refractivity contribution >= 4 is 0 Å². The van der Waals surface area contributed by atoms with Gasteiger partial charge in [0, 0.05) is 6.04 Å². The summed E-state index contributed by atoms with van der Waals surface area (Å²) in [5, 5.41) is 7.19. The highest BCUT2D eigenvalue weighted by atomic mass is 14.9. The molecular weight excluding hydrogens is 196 g/mol. The Morgan fingerprint density at radius 3 is 3.06 bits per heavy atom. The normalized spacial score (nSPS) is 27.2. The number of rotatable bonds is 4. The SMILES string of the molecule is C1=C(CCNC2CCCNCC2)CCCC1. The van der Waals surface area contributed by atoms with E-state index in [9.17, 15) is 0 Å². The molecule has 16 heavy (non-hydrogen) atoms. The Morgan fingerprint density at radius 2 is 2.19 bits per heavy atom. The summed E-state index contributed by atoms with van der Waals surface area (Å²) in [6.45, 7) is 3.60. The summed E-state index contributed by atoms with van der Waals surface area (Å²) in [4.78, 5) is 0. The van der Waals surface area contributed by atoms with E-state index in [1.165, 1.54) is 71.0 Å². The van der Waals surface area contributed by atoms with Crippen LogP contribution in [-0.4, -0.2) is 25.7 Å². The quantitative estimate of drug-likeness (QED) is 0.715. The third-order valence-corrected chi connectivity index (χ3v) is 3.84. The highest BCUT2D eigenvalue weighted by Gasteiger charge is 2.11. The zero-order valence-corrected chi connectivity index (χ0v) is 10.4. The van der Waals surface area contributed by atoms with Gasteiger partial charge in [0.2, 0.25) is 0 Å². The lowest BCUT2D eigenvalue weighted by molar-refractivity contribution is 0.469. The van der Waals surface area contributed by atoms with Crippen LogP contribution in [-0.2, 0) is 0 Å². The molecule has 92 valence electrons. The topological polar surface area (TPSA) is 24.1 Å². The van der Waals surface area contributed by atoms with E-state index in [4.69, 9.17) is 0 Å². The van der Waals surface area contributed by atoms with E-state index in [1.54, 1.807) is 5.57 Å². The van der Waals surface area contributed by atoms with E-state index in [0.717, 1.165) is 6.04 Å². The predicted molar refractivity (Wildman–Crippen MR) is 69.7 cm³/mol. The van der Waals surface area contributed by atoms with Crippen molar-refractivity contribution in [1.29, 1.82) is 0 Å². The first-order valence-corrected chi connectivity index (χ1v) is 7.07. The van der Waals surface area contributed by atoms with Crippen molar-refractivity contribution in [2.45, 2.75) is 57.4 Å². The first kappa shape index (κ1) is 12.1. The van der Waals surface area contributed by atoms with Gasteiger partial charge in [0.25, 0.3) is 0 Å². The molecule has 2 nitrogen and oxygen atoms in total. The second-order valence-corrected chi connectivity index (χ2v) is 5.19. The van der Waals surface area contributed by atoms with Crippen molar-refractivity contribution in [2.24, 2.45) is 0 Å². The molecule has 1 unspecified atom stereocenters. The molecule has 1 atom stereocenters. The minimum atomic E-state index is 0.763. The maximum Gasteiger partial charge on any atom is 0.00797 e. The Morgan fingerprint density at radius 1 is 1.19 bits per heavy atom. The molecule has 0 radical (unpaired) electrons. The highest BCUT2D eigenvalue weighted by Crippen LogP contribution is 2.19. The van der Waals surface area contributed by atoms with E-state index in [1.807, 2.05) is 0 Å². The van der Waals surface area contributed by atoms with Crippen LogP contribution in [0, 0.1) is 0 Å². The van der Waals surface area contributed by atoms with Gasteiger partial charge in [0.05, 0.1) is 0 Å². The number of hydrogen-bond donors (Lipinski definition) is 2. The first-order chi connectivity index (χ1) is 7.95. The fourth-order valence-electron chi connectivity index (χ4n) is 2.79. The zero-order valence-electron chi connectivity index (χ0n) is 10.4. The second-order valence-electron chi connectivity index (χ2n) is 5.19. The van der Waals surface area contributed by atoms with Gasteiger partial charge in [-0.05, 0) is 71.0 Å². The van der Waals surface area contributed by atoms with Gasteiger partial charge in [-0.2, -0.15) is 0 Å². The maximum absolute atomic E-state index is 3.73. The molecule has 2 aliphatic rings. The van der Waals surface area contributed by atoms with E-state index in [-0.39, 0.29) is 0 Å². The number of nitrogens with one attached hydrogen (secondary N) is 2. The average Bonchev–Trinajstić information content (AvgIpc) is 2.59. The smallest absolute Gasteiger partial charge is 0.00797 e. The number of hydrogen-bond acceptors (Lipinski definition) is 2. The lowest BCUT2D eigenvalue weighted by atomic mass is 9.97. The van der Waals surface area contributed by atoms with Gasteiger partial charge in [0.1, 0.15) is 0 Å². The number of allylic oxidation sites excluding steroid dienone is 1. The minimum absolute atomic E-state index is 0.763. The molecule has 1 fully saturated rings. The molecule has 0 aromatic heterocycles. The Labute approximate surface area is 99.9 Å². The third kappa shape index (κ3) is 4.26. The summed E-state index contributed by atoms with van der Waals surface area (Å²) in [5.41, 5.74) is 1.70. The lowest BCUT2D eigenvalue weighted by Crippen LogP contribution is -2.31. The van der Waals surface area contributed by atoms with E-state index in [2.05, 4.69) is 16.7 Å². The molecule has 2 heteroatoms. The summed E-state index contributed by atoms with van der Waals surface area (Å²) < 4.78 is 0. The summed E-state index contributed by atoms with van der Waals surface area (Å²) in [5.74, 6) is 0. The summed E-state index contributed by atoms with van der Waals surface area (Å²) in [6, 6.07) is 0.763. The van der Waals surface area contributed by atoms with Crippen LogP contribution in [0.25, 0.3) is 0 Å². The van der Waals surface area contributed by atoms with Crippen molar-refractivity contribution in [3.05, 3.63) is 11.6 Å². The second kappa shape index (κ2) is 7.08. The van der Waals surface area contributed by atoms with E-state index in [0.29, 0.717) is 0 Å². The lowest BCUT2D eigenvalue weighted by Gasteiger charge is -2.18. The molecule has 0 aromatic rings. The van der Waals surface area contributed by atoms with Crippen molar-refractivity contribution in [3.63, 3.8) is 0 Å². The molecule has 2 N–H and O–H groups in total. The fourth-order valence-corrected chi connectivity index (χ4v) is 2.79. The summed E-state index contributed by atoms with van der Waals surface area (Å²) in [7, 11) is 0. The standard InChI is InChI=1S/C14H26N2/c1-2-5-13(6-3-1)8-12-16-14-7-4-10-15-11-9-14/h5,14-16H,1-4,6-12H2.